The van der Waals surface area contributed by atoms with Gasteiger partial charge in [0.15, 0.2) is 0 Å². The van der Waals surface area contributed by atoms with Gasteiger partial charge in [-0.3, -0.25) is 4.90 Å². The molecule has 0 bridgehead atoms. The van der Waals surface area contributed by atoms with Crippen LogP contribution in [0.5, 0.6) is 0 Å². The molecule has 0 saturated carbocycles. The summed E-state index contributed by atoms with van der Waals surface area (Å²) in [6.07, 6.45) is 2.79. The van der Waals surface area contributed by atoms with Crippen molar-refractivity contribution in [2.45, 2.75) is 12.1 Å². The molecule has 7 nitrogen and oxygen atoms in total. The second-order valence-corrected chi connectivity index (χ2v) is 6.38. The lowest BCUT2D eigenvalue weighted by Gasteiger charge is -2.30. The monoisotopic (exact) mass is 367 g/mol. The molecule has 0 amide bonds. The van der Waals surface area contributed by atoms with E-state index in [9.17, 15) is 13.9 Å². The predicted molar refractivity (Wildman–Crippen MR) is 90.4 cm³/mol. The number of aliphatic hydroxyl groups is 1. The fraction of sp³-hybridized carbons (Fsp3) is 0.529. The van der Waals surface area contributed by atoms with Crippen molar-refractivity contribution >= 4 is 0 Å². The van der Waals surface area contributed by atoms with Crippen molar-refractivity contribution in [1.82, 2.24) is 25.0 Å². The molecular formula is C17H23F2N5O2. The van der Waals surface area contributed by atoms with Crippen LogP contribution in [-0.2, 0) is 16.9 Å². The van der Waals surface area contributed by atoms with Gasteiger partial charge in [0.2, 0.25) is 0 Å². The van der Waals surface area contributed by atoms with Crippen LogP contribution < -0.4 is 5.32 Å². The number of nitrogens with one attached hydrogen (secondary N) is 1. The summed E-state index contributed by atoms with van der Waals surface area (Å²) in [4.78, 5) is 6.10. The van der Waals surface area contributed by atoms with E-state index < -0.39 is 17.2 Å². The molecule has 1 aromatic heterocycles. The molecule has 1 aliphatic rings. The average Bonchev–Trinajstić information content (AvgIpc) is 3.12. The first-order valence-corrected chi connectivity index (χ1v) is 8.58. The molecule has 0 radical (unpaired) electrons. The maximum Gasteiger partial charge on any atom is 0.137 e. The minimum absolute atomic E-state index is 0.000106. The number of morpholine rings is 1. The lowest BCUT2D eigenvalue weighted by atomic mass is 9.93. The van der Waals surface area contributed by atoms with Crippen molar-refractivity contribution < 1.29 is 18.6 Å². The van der Waals surface area contributed by atoms with E-state index in [0.29, 0.717) is 6.54 Å². The van der Waals surface area contributed by atoms with Gasteiger partial charge in [-0.25, -0.2) is 18.4 Å². The van der Waals surface area contributed by atoms with Gasteiger partial charge in [0.25, 0.3) is 0 Å². The summed E-state index contributed by atoms with van der Waals surface area (Å²) in [5.41, 5.74) is -1.57. The molecule has 1 aromatic carbocycles. The Balaban J connectivity index is 1.66. The molecule has 1 aliphatic heterocycles. The minimum Gasteiger partial charge on any atom is -0.382 e. The van der Waals surface area contributed by atoms with E-state index in [-0.39, 0.29) is 18.7 Å². The third kappa shape index (κ3) is 4.82. The van der Waals surface area contributed by atoms with E-state index in [2.05, 4.69) is 20.3 Å². The molecule has 26 heavy (non-hydrogen) atoms. The van der Waals surface area contributed by atoms with Crippen LogP contribution in [0.1, 0.15) is 5.56 Å². The summed E-state index contributed by atoms with van der Waals surface area (Å²) < 4.78 is 34.3. The molecule has 9 heteroatoms. The number of halogens is 2. The van der Waals surface area contributed by atoms with Crippen molar-refractivity contribution in [3.05, 3.63) is 48.1 Å². The fourth-order valence-corrected chi connectivity index (χ4v) is 3.04. The molecule has 142 valence electrons. The first-order valence-electron chi connectivity index (χ1n) is 8.58. The fourth-order valence-electron chi connectivity index (χ4n) is 3.04. The molecule has 2 N–H and O–H groups in total. The summed E-state index contributed by atoms with van der Waals surface area (Å²) in [5.74, 6) is -1.47. The Morgan fingerprint density at radius 3 is 2.77 bits per heavy atom. The van der Waals surface area contributed by atoms with E-state index >= 15 is 0 Å². The molecule has 2 heterocycles. The minimum atomic E-state index is -1.59. The summed E-state index contributed by atoms with van der Waals surface area (Å²) >= 11 is 0. The highest BCUT2D eigenvalue weighted by Gasteiger charge is 2.33. The number of hydrogen-bond acceptors (Lipinski definition) is 6. The zero-order valence-electron chi connectivity index (χ0n) is 14.4. The smallest absolute Gasteiger partial charge is 0.137 e. The number of ether oxygens (including phenoxy) is 1. The Morgan fingerprint density at radius 2 is 2.08 bits per heavy atom. The summed E-state index contributed by atoms with van der Waals surface area (Å²) in [6, 6.07) is 3.18. The number of hydrogen-bond donors (Lipinski definition) is 2. The Bertz CT molecular complexity index is 694. The van der Waals surface area contributed by atoms with Crippen LogP contribution in [0.3, 0.4) is 0 Å². The Labute approximate surface area is 150 Å². The molecule has 2 aromatic rings. The van der Waals surface area contributed by atoms with Crippen LogP contribution in [0.2, 0.25) is 0 Å². The number of benzene rings is 1. The zero-order valence-corrected chi connectivity index (χ0v) is 14.4. The molecular weight excluding hydrogens is 344 g/mol. The molecule has 1 unspecified atom stereocenters. The standard InChI is InChI=1S/C17H23F2N5O2/c18-14-1-2-15(16(19)9-14)17(25,11-24-13-21-12-22-24)10-20-3-4-23-5-7-26-8-6-23/h1-2,9,12-13,20,25H,3-8,10-11H2. The lowest BCUT2D eigenvalue weighted by Crippen LogP contribution is -2.46. The van der Waals surface area contributed by atoms with Crippen LogP contribution >= 0.6 is 0 Å². The number of aromatic nitrogens is 3. The highest BCUT2D eigenvalue weighted by atomic mass is 19.1. The van der Waals surface area contributed by atoms with E-state index in [1.807, 2.05) is 0 Å². The van der Waals surface area contributed by atoms with Gasteiger partial charge in [-0.2, -0.15) is 5.10 Å². The van der Waals surface area contributed by atoms with Crippen molar-refractivity contribution in [1.29, 1.82) is 0 Å². The van der Waals surface area contributed by atoms with E-state index in [0.717, 1.165) is 45.0 Å². The second-order valence-electron chi connectivity index (χ2n) is 6.38. The first-order chi connectivity index (χ1) is 12.6. The summed E-state index contributed by atoms with van der Waals surface area (Å²) in [5, 5.41) is 18.3. The van der Waals surface area contributed by atoms with E-state index in [1.165, 1.54) is 23.4 Å². The maximum atomic E-state index is 14.3. The van der Waals surface area contributed by atoms with Crippen molar-refractivity contribution in [3.8, 4) is 0 Å². The topological polar surface area (TPSA) is 75.4 Å². The molecule has 0 spiro atoms. The van der Waals surface area contributed by atoms with Gasteiger partial charge in [0.05, 0.1) is 19.8 Å². The number of nitrogens with zero attached hydrogens (tertiary/aromatic N) is 4. The van der Waals surface area contributed by atoms with Gasteiger partial charge >= 0.3 is 0 Å². The van der Waals surface area contributed by atoms with Gasteiger partial charge in [-0.15, -0.1) is 0 Å². The molecule has 1 fully saturated rings. The predicted octanol–water partition coefficient (Wildman–Crippen LogP) is 0.366. The van der Waals surface area contributed by atoms with Crippen LogP contribution in [0.15, 0.2) is 30.9 Å². The second kappa shape index (κ2) is 8.63. The molecule has 1 atom stereocenters. The first kappa shape index (κ1) is 18.8. The third-order valence-corrected chi connectivity index (χ3v) is 4.45. The highest BCUT2D eigenvalue weighted by molar-refractivity contribution is 5.25. The lowest BCUT2D eigenvalue weighted by molar-refractivity contribution is 0.00948. The van der Waals surface area contributed by atoms with Crippen molar-refractivity contribution in [3.63, 3.8) is 0 Å². The van der Waals surface area contributed by atoms with Gasteiger partial charge in [0, 0.05) is 44.4 Å². The van der Waals surface area contributed by atoms with Gasteiger partial charge in [0.1, 0.15) is 29.9 Å². The molecule has 1 saturated heterocycles. The van der Waals surface area contributed by atoms with E-state index in [4.69, 9.17) is 4.74 Å². The zero-order chi connectivity index (χ0) is 18.4. The molecule has 0 aliphatic carbocycles. The van der Waals surface area contributed by atoms with Crippen LogP contribution in [0.4, 0.5) is 8.78 Å². The summed E-state index contributed by atoms with van der Waals surface area (Å²) in [6.45, 7) is 4.71. The van der Waals surface area contributed by atoms with E-state index in [1.54, 1.807) is 0 Å². The van der Waals surface area contributed by atoms with Gasteiger partial charge in [-0.1, -0.05) is 6.07 Å². The van der Waals surface area contributed by atoms with Gasteiger partial charge in [-0.05, 0) is 6.07 Å². The quantitative estimate of drug-likeness (QED) is 0.657. The Morgan fingerprint density at radius 1 is 1.27 bits per heavy atom. The van der Waals surface area contributed by atoms with Crippen LogP contribution in [0.25, 0.3) is 0 Å². The van der Waals surface area contributed by atoms with Crippen LogP contribution in [0, 0.1) is 11.6 Å². The maximum absolute atomic E-state index is 14.3. The largest absolute Gasteiger partial charge is 0.382 e. The highest BCUT2D eigenvalue weighted by Crippen LogP contribution is 2.26. The Kier molecular flexibility index (Phi) is 6.25. The van der Waals surface area contributed by atoms with Crippen molar-refractivity contribution in [2.24, 2.45) is 0 Å². The molecule has 3 rings (SSSR count). The van der Waals surface area contributed by atoms with Gasteiger partial charge < -0.3 is 15.2 Å². The number of rotatable bonds is 8. The normalized spacial score (nSPS) is 18.0. The van der Waals surface area contributed by atoms with Crippen molar-refractivity contribution in [2.75, 3.05) is 45.9 Å². The summed E-state index contributed by atoms with van der Waals surface area (Å²) in [7, 11) is 0. The van der Waals surface area contributed by atoms with Crippen LogP contribution in [-0.4, -0.2) is 70.7 Å². The average molecular weight is 367 g/mol. The third-order valence-electron chi connectivity index (χ3n) is 4.45. The Hall–Kier alpha value is -1.94. The SMILES string of the molecule is OC(CNCCN1CCOCC1)(Cn1cncn1)c1ccc(F)cc1F.